The Morgan fingerprint density at radius 2 is 2.33 bits per heavy atom. The highest BCUT2D eigenvalue weighted by Crippen LogP contribution is 2.23. The fourth-order valence-corrected chi connectivity index (χ4v) is 4.06. The van der Waals surface area contributed by atoms with Crippen molar-refractivity contribution >= 4 is 27.3 Å². The van der Waals surface area contributed by atoms with Gasteiger partial charge in [0.25, 0.3) is 0 Å². The predicted octanol–water partition coefficient (Wildman–Crippen LogP) is 3.52. The van der Waals surface area contributed by atoms with E-state index in [1.54, 1.807) is 0 Å². The second-order valence-electron chi connectivity index (χ2n) is 5.19. The Kier molecular flexibility index (Phi) is 5.67. The first kappa shape index (κ1) is 14.5. The van der Waals surface area contributed by atoms with E-state index in [1.807, 2.05) is 11.3 Å². The number of hydrogen-bond acceptors (Lipinski definition) is 3. The maximum Gasteiger partial charge on any atom is 0.0701 e. The summed E-state index contributed by atoms with van der Waals surface area (Å²) in [6.07, 6.45) is 3.75. The van der Waals surface area contributed by atoms with E-state index in [0.717, 1.165) is 6.54 Å². The Labute approximate surface area is 123 Å². The van der Waals surface area contributed by atoms with Gasteiger partial charge < -0.3 is 5.32 Å². The van der Waals surface area contributed by atoms with Gasteiger partial charge in [0.15, 0.2) is 0 Å². The van der Waals surface area contributed by atoms with Crippen LogP contribution in [0.2, 0.25) is 0 Å². The molecule has 1 aliphatic heterocycles. The predicted molar refractivity (Wildman–Crippen MR) is 83.5 cm³/mol. The zero-order chi connectivity index (χ0) is 13.0. The van der Waals surface area contributed by atoms with Crippen LogP contribution in [0.4, 0.5) is 0 Å². The largest absolute Gasteiger partial charge is 0.311 e. The molecule has 2 unspecified atom stereocenters. The van der Waals surface area contributed by atoms with Crippen LogP contribution in [0.3, 0.4) is 0 Å². The number of nitrogens with zero attached hydrogens (tertiary/aromatic N) is 1. The average molecular weight is 331 g/mol. The van der Waals surface area contributed by atoms with Crippen molar-refractivity contribution in [2.45, 2.75) is 45.2 Å². The molecule has 0 radical (unpaired) electrons. The molecule has 2 heterocycles. The van der Waals surface area contributed by atoms with Crippen LogP contribution in [0.5, 0.6) is 0 Å². The van der Waals surface area contributed by atoms with Gasteiger partial charge in [0.05, 0.1) is 3.79 Å². The highest BCUT2D eigenvalue weighted by Gasteiger charge is 2.23. The van der Waals surface area contributed by atoms with Crippen LogP contribution in [0.15, 0.2) is 15.9 Å². The van der Waals surface area contributed by atoms with E-state index in [1.165, 1.54) is 41.0 Å². The number of nitrogens with one attached hydrogen (secondary N) is 1. The molecule has 1 aromatic rings. The molecule has 2 nitrogen and oxygen atoms in total. The van der Waals surface area contributed by atoms with Crippen molar-refractivity contribution in [2.24, 2.45) is 0 Å². The van der Waals surface area contributed by atoms with Gasteiger partial charge in [-0.25, -0.2) is 0 Å². The molecule has 0 bridgehead atoms. The third-order valence-corrected chi connectivity index (χ3v) is 5.38. The molecule has 1 N–H and O–H groups in total. The maximum atomic E-state index is 3.66. The van der Waals surface area contributed by atoms with Gasteiger partial charge in [-0.2, -0.15) is 0 Å². The van der Waals surface area contributed by atoms with Crippen molar-refractivity contribution in [2.75, 3.05) is 19.6 Å². The molecule has 2 rings (SSSR count). The zero-order valence-corrected chi connectivity index (χ0v) is 13.7. The Morgan fingerprint density at radius 3 is 3.00 bits per heavy atom. The van der Waals surface area contributed by atoms with Crippen molar-refractivity contribution in [3.63, 3.8) is 0 Å². The molecule has 1 aliphatic rings. The minimum absolute atomic E-state index is 0.668. The van der Waals surface area contributed by atoms with Crippen molar-refractivity contribution in [1.29, 1.82) is 0 Å². The molecule has 18 heavy (non-hydrogen) atoms. The van der Waals surface area contributed by atoms with Gasteiger partial charge >= 0.3 is 0 Å². The minimum Gasteiger partial charge on any atom is -0.311 e. The van der Waals surface area contributed by atoms with Crippen LogP contribution in [-0.4, -0.2) is 36.6 Å². The summed E-state index contributed by atoms with van der Waals surface area (Å²) in [4.78, 5) is 4.13. The van der Waals surface area contributed by atoms with Crippen LogP contribution < -0.4 is 5.32 Å². The first-order valence-electron chi connectivity index (χ1n) is 6.90. The summed E-state index contributed by atoms with van der Waals surface area (Å²) in [5.74, 6) is 0. The van der Waals surface area contributed by atoms with Gasteiger partial charge in [0.1, 0.15) is 0 Å². The number of rotatable bonds is 5. The molecule has 4 heteroatoms. The summed E-state index contributed by atoms with van der Waals surface area (Å²) in [6.45, 7) is 8.14. The van der Waals surface area contributed by atoms with Crippen LogP contribution in [0, 0.1) is 0 Å². The number of halogens is 1. The fourth-order valence-electron chi connectivity index (χ4n) is 2.59. The summed E-state index contributed by atoms with van der Waals surface area (Å²) in [7, 11) is 0. The molecule has 0 spiro atoms. The van der Waals surface area contributed by atoms with Gasteiger partial charge in [-0.1, -0.05) is 13.3 Å². The summed E-state index contributed by atoms with van der Waals surface area (Å²) < 4.78 is 1.25. The van der Waals surface area contributed by atoms with Crippen LogP contribution >= 0.6 is 27.3 Å². The van der Waals surface area contributed by atoms with E-state index in [4.69, 9.17) is 0 Å². The Bertz CT molecular complexity index is 366. The van der Waals surface area contributed by atoms with E-state index in [-0.39, 0.29) is 0 Å². The lowest BCUT2D eigenvalue weighted by Gasteiger charge is -2.38. The van der Waals surface area contributed by atoms with Gasteiger partial charge in [0, 0.05) is 36.6 Å². The molecule has 0 amide bonds. The number of hydrogen-bond donors (Lipinski definition) is 1. The lowest BCUT2D eigenvalue weighted by molar-refractivity contribution is 0.139. The first-order chi connectivity index (χ1) is 8.69. The fraction of sp³-hybridized carbons (Fsp3) is 0.714. The smallest absolute Gasteiger partial charge is 0.0701 e. The molecule has 0 aromatic carbocycles. The van der Waals surface area contributed by atoms with Crippen molar-refractivity contribution in [1.82, 2.24) is 10.2 Å². The lowest BCUT2D eigenvalue weighted by atomic mass is 10.1. The van der Waals surface area contributed by atoms with Crippen LogP contribution in [0.25, 0.3) is 0 Å². The van der Waals surface area contributed by atoms with Gasteiger partial charge in [0.2, 0.25) is 0 Å². The van der Waals surface area contributed by atoms with Crippen molar-refractivity contribution in [3.8, 4) is 0 Å². The molecular formula is C14H23BrN2S. The van der Waals surface area contributed by atoms with Gasteiger partial charge in [-0.15, -0.1) is 11.3 Å². The first-order valence-corrected chi connectivity index (χ1v) is 8.51. The monoisotopic (exact) mass is 330 g/mol. The van der Waals surface area contributed by atoms with E-state index < -0.39 is 0 Å². The summed E-state index contributed by atoms with van der Waals surface area (Å²) in [5, 5.41) is 3.66. The standard InChI is InChI=1S/C14H23BrN2S/c1-3-4-12-10-17(11(2)9-16-12)8-7-13-5-6-14(15)18-13/h5-6,11-12,16H,3-4,7-10H2,1-2H3. The Balaban J connectivity index is 1.82. The molecule has 2 atom stereocenters. The molecule has 0 aliphatic carbocycles. The molecule has 102 valence electrons. The third-order valence-electron chi connectivity index (χ3n) is 3.69. The Hall–Kier alpha value is 0.1000. The van der Waals surface area contributed by atoms with Gasteiger partial charge in [-0.3, -0.25) is 4.90 Å². The quantitative estimate of drug-likeness (QED) is 0.888. The topological polar surface area (TPSA) is 15.3 Å². The van der Waals surface area contributed by atoms with Gasteiger partial charge in [-0.05, 0) is 47.8 Å². The average Bonchev–Trinajstić information content (AvgIpc) is 2.76. The SMILES string of the molecule is CCCC1CN(CCc2ccc(Br)s2)C(C)CN1. The van der Waals surface area contributed by atoms with Crippen LogP contribution in [-0.2, 0) is 6.42 Å². The number of piperazine rings is 1. The summed E-state index contributed by atoms with van der Waals surface area (Å²) in [6, 6.07) is 5.76. The minimum atomic E-state index is 0.668. The van der Waals surface area contributed by atoms with E-state index in [2.05, 4.69) is 52.1 Å². The summed E-state index contributed by atoms with van der Waals surface area (Å²) >= 11 is 5.40. The summed E-state index contributed by atoms with van der Waals surface area (Å²) in [5.41, 5.74) is 0. The second-order valence-corrected chi connectivity index (χ2v) is 7.74. The highest BCUT2D eigenvalue weighted by atomic mass is 79.9. The molecule has 0 saturated carbocycles. The van der Waals surface area contributed by atoms with Crippen LogP contribution in [0.1, 0.15) is 31.6 Å². The third kappa shape index (κ3) is 4.05. The van der Waals surface area contributed by atoms with Crippen molar-refractivity contribution < 1.29 is 0 Å². The molecule has 1 fully saturated rings. The second kappa shape index (κ2) is 7.04. The highest BCUT2D eigenvalue weighted by molar-refractivity contribution is 9.11. The van der Waals surface area contributed by atoms with E-state index in [9.17, 15) is 0 Å². The Morgan fingerprint density at radius 1 is 1.50 bits per heavy atom. The molecule has 1 aromatic heterocycles. The molecular weight excluding hydrogens is 308 g/mol. The van der Waals surface area contributed by atoms with E-state index >= 15 is 0 Å². The lowest BCUT2D eigenvalue weighted by Crippen LogP contribution is -2.55. The van der Waals surface area contributed by atoms with E-state index in [0.29, 0.717) is 12.1 Å². The zero-order valence-electron chi connectivity index (χ0n) is 11.3. The maximum absolute atomic E-state index is 3.66. The molecule has 1 saturated heterocycles. The number of thiophene rings is 1. The normalized spacial score (nSPS) is 25.5. The van der Waals surface area contributed by atoms with Crippen molar-refractivity contribution in [3.05, 3.63) is 20.8 Å².